The molecule has 0 radical (unpaired) electrons. The van der Waals surface area contributed by atoms with Crippen molar-refractivity contribution in [2.24, 2.45) is 0 Å². The van der Waals surface area contributed by atoms with Crippen LogP contribution in [0.4, 0.5) is 0 Å². The van der Waals surface area contributed by atoms with Gasteiger partial charge in [0.05, 0.1) is 0 Å². The molecule has 3 rings (SSSR count). The summed E-state index contributed by atoms with van der Waals surface area (Å²) in [6.45, 7) is 2.37. The molecule has 2 bridgehead atoms. The highest BCUT2D eigenvalue weighted by Crippen LogP contribution is 2.46. The highest BCUT2D eigenvalue weighted by molar-refractivity contribution is 5.43. The van der Waals surface area contributed by atoms with Crippen molar-refractivity contribution in [3.8, 4) is 5.75 Å². The Bertz CT molecular complexity index is 388. The predicted octanol–water partition coefficient (Wildman–Crippen LogP) is 2.30. The van der Waals surface area contributed by atoms with Gasteiger partial charge in [-0.15, -0.1) is 0 Å². The molecule has 1 N–H and O–H groups in total. The van der Waals surface area contributed by atoms with E-state index in [1.807, 2.05) is 12.1 Å². The van der Waals surface area contributed by atoms with Crippen molar-refractivity contribution in [1.82, 2.24) is 4.90 Å². The minimum Gasteiger partial charge on any atom is -0.508 e. The third kappa shape index (κ3) is 1.44. The molecule has 1 aliphatic heterocycles. The van der Waals surface area contributed by atoms with Crippen molar-refractivity contribution in [3.05, 3.63) is 29.3 Å². The van der Waals surface area contributed by atoms with Crippen molar-refractivity contribution in [1.29, 1.82) is 0 Å². The molecule has 0 spiro atoms. The molecule has 0 saturated carbocycles. The molecule has 1 heterocycles. The summed E-state index contributed by atoms with van der Waals surface area (Å²) in [5.74, 6) is 1.80. The van der Waals surface area contributed by atoms with E-state index < -0.39 is 0 Å². The Balaban J connectivity index is 2.04. The van der Waals surface area contributed by atoms with Gasteiger partial charge in [-0.3, -0.25) is 0 Å². The number of phenols is 1. The number of benzene rings is 1. The Morgan fingerprint density at radius 2 is 2.13 bits per heavy atom. The van der Waals surface area contributed by atoms with E-state index in [4.69, 9.17) is 0 Å². The van der Waals surface area contributed by atoms with Crippen molar-refractivity contribution >= 4 is 0 Å². The van der Waals surface area contributed by atoms with Crippen molar-refractivity contribution in [2.45, 2.75) is 24.7 Å². The smallest absolute Gasteiger partial charge is 0.115 e. The standard InChI is InChI=1S/C13H17NO/c1-14-5-4-9-6-10(8-14)12-3-2-11(15)7-13(9)12/h2-3,7,9-10,15H,4-6,8H2,1H3. The highest BCUT2D eigenvalue weighted by Gasteiger charge is 2.33. The maximum absolute atomic E-state index is 9.53. The summed E-state index contributed by atoms with van der Waals surface area (Å²) in [7, 11) is 2.21. The molecule has 2 aliphatic rings. The number of aromatic hydroxyl groups is 1. The lowest BCUT2D eigenvalue weighted by Gasteiger charge is -2.21. The maximum atomic E-state index is 9.53. The van der Waals surface area contributed by atoms with E-state index in [-0.39, 0.29) is 0 Å². The molecule has 0 aromatic heterocycles. The Labute approximate surface area is 90.5 Å². The number of hydrogen-bond donors (Lipinski definition) is 1. The van der Waals surface area contributed by atoms with Crippen LogP contribution in [0.3, 0.4) is 0 Å². The van der Waals surface area contributed by atoms with E-state index in [9.17, 15) is 5.11 Å². The summed E-state index contributed by atoms with van der Waals surface area (Å²) >= 11 is 0. The first-order chi connectivity index (χ1) is 7.24. The maximum Gasteiger partial charge on any atom is 0.115 e. The molecule has 2 unspecified atom stereocenters. The van der Waals surface area contributed by atoms with Gasteiger partial charge in [-0.05, 0) is 61.5 Å². The second kappa shape index (κ2) is 3.24. The fourth-order valence-corrected chi connectivity index (χ4v) is 3.17. The number of likely N-dealkylation sites (N-methyl/N-ethyl adjacent to an activating group) is 1. The molecular formula is C13H17NO. The van der Waals surface area contributed by atoms with Crippen LogP contribution in [0.25, 0.3) is 0 Å². The third-order valence-corrected chi connectivity index (χ3v) is 3.91. The molecular weight excluding hydrogens is 186 g/mol. The van der Waals surface area contributed by atoms with Crippen LogP contribution in [-0.4, -0.2) is 30.1 Å². The molecule has 80 valence electrons. The zero-order chi connectivity index (χ0) is 10.4. The number of likely N-dealkylation sites (tertiary alicyclic amines) is 1. The number of hydrogen-bond acceptors (Lipinski definition) is 2. The van der Waals surface area contributed by atoms with Crippen LogP contribution in [0.1, 0.15) is 35.8 Å². The van der Waals surface area contributed by atoms with E-state index in [0.29, 0.717) is 17.6 Å². The van der Waals surface area contributed by atoms with E-state index in [0.717, 1.165) is 0 Å². The van der Waals surface area contributed by atoms with E-state index >= 15 is 0 Å². The summed E-state index contributed by atoms with van der Waals surface area (Å²) in [5.41, 5.74) is 2.89. The minimum absolute atomic E-state index is 0.424. The largest absolute Gasteiger partial charge is 0.508 e. The van der Waals surface area contributed by atoms with Gasteiger partial charge in [0.1, 0.15) is 5.75 Å². The molecule has 1 aliphatic carbocycles. The molecule has 2 atom stereocenters. The molecule has 1 aromatic rings. The first-order valence-electron chi connectivity index (χ1n) is 5.75. The number of nitrogens with zero attached hydrogens (tertiary/aromatic N) is 1. The first kappa shape index (κ1) is 9.22. The predicted molar refractivity (Wildman–Crippen MR) is 60.3 cm³/mol. The Morgan fingerprint density at radius 1 is 1.27 bits per heavy atom. The van der Waals surface area contributed by atoms with Gasteiger partial charge in [0, 0.05) is 6.54 Å². The van der Waals surface area contributed by atoms with Crippen LogP contribution >= 0.6 is 0 Å². The molecule has 1 fully saturated rings. The number of phenolic OH excluding ortho intramolecular Hbond substituents is 1. The van der Waals surface area contributed by atoms with Gasteiger partial charge in [0.2, 0.25) is 0 Å². The lowest BCUT2D eigenvalue weighted by atomic mass is 9.97. The van der Waals surface area contributed by atoms with Crippen LogP contribution in [0.5, 0.6) is 5.75 Å². The van der Waals surface area contributed by atoms with Crippen LogP contribution in [0.2, 0.25) is 0 Å². The number of rotatable bonds is 0. The van der Waals surface area contributed by atoms with E-state index in [1.165, 1.54) is 37.1 Å². The van der Waals surface area contributed by atoms with Gasteiger partial charge in [0.15, 0.2) is 0 Å². The fraction of sp³-hybridized carbons (Fsp3) is 0.538. The third-order valence-electron chi connectivity index (χ3n) is 3.91. The average Bonchev–Trinajstić information content (AvgIpc) is 2.40. The molecule has 0 amide bonds. The zero-order valence-corrected chi connectivity index (χ0v) is 9.11. The number of fused-ring (bicyclic) bond motifs is 5. The zero-order valence-electron chi connectivity index (χ0n) is 9.11. The van der Waals surface area contributed by atoms with Crippen LogP contribution in [0, 0.1) is 0 Å². The summed E-state index contributed by atoms with van der Waals surface area (Å²) in [5, 5.41) is 9.53. The molecule has 15 heavy (non-hydrogen) atoms. The summed E-state index contributed by atoms with van der Waals surface area (Å²) < 4.78 is 0. The Morgan fingerprint density at radius 3 is 3.00 bits per heavy atom. The van der Waals surface area contributed by atoms with E-state index in [1.54, 1.807) is 0 Å². The lowest BCUT2D eigenvalue weighted by Crippen LogP contribution is -2.23. The second-order valence-corrected chi connectivity index (χ2v) is 4.99. The molecule has 1 aromatic carbocycles. The summed E-state index contributed by atoms with van der Waals surface area (Å²) in [6.07, 6.45) is 2.52. The Kier molecular flexibility index (Phi) is 1.99. The van der Waals surface area contributed by atoms with Crippen LogP contribution in [0.15, 0.2) is 18.2 Å². The second-order valence-electron chi connectivity index (χ2n) is 4.99. The molecule has 2 nitrogen and oxygen atoms in total. The molecule has 1 saturated heterocycles. The van der Waals surface area contributed by atoms with Crippen molar-refractivity contribution in [3.63, 3.8) is 0 Å². The summed E-state index contributed by atoms with van der Waals surface area (Å²) in [6, 6.07) is 5.93. The van der Waals surface area contributed by atoms with E-state index in [2.05, 4.69) is 18.0 Å². The van der Waals surface area contributed by atoms with Gasteiger partial charge < -0.3 is 10.0 Å². The minimum atomic E-state index is 0.424. The summed E-state index contributed by atoms with van der Waals surface area (Å²) in [4.78, 5) is 2.43. The van der Waals surface area contributed by atoms with Gasteiger partial charge in [-0.1, -0.05) is 6.07 Å². The first-order valence-corrected chi connectivity index (χ1v) is 5.75. The quantitative estimate of drug-likeness (QED) is 0.699. The monoisotopic (exact) mass is 203 g/mol. The highest BCUT2D eigenvalue weighted by atomic mass is 16.3. The molecule has 2 heteroatoms. The van der Waals surface area contributed by atoms with Crippen LogP contribution in [-0.2, 0) is 0 Å². The Hall–Kier alpha value is -1.02. The van der Waals surface area contributed by atoms with Crippen molar-refractivity contribution < 1.29 is 5.11 Å². The van der Waals surface area contributed by atoms with Gasteiger partial charge in [-0.2, -0.15) is 0 Å². The van der Waals surface area contributed by atoms with Crippen LogP contribution < -0.4 is 0 Å². The topological polar surface area (TPSA) is 23.5 Å². The van der Waals surface area contributed by atoms with Gasteiger partial charge >= 0.3 is 0 Å². The van der Waals surface area contributed by atoms with Gasteiger partial charge in [0.25, 0.3) is 0 Å². The van der Waals surface area contributed by atoms with Crippen molar-refractivity contribution in [2.75, 3.05) is 20.1 Å². The van der Waals surface area contributed by atoms with Gasteiger partial charge in [-0.25, -0.2) is 0 Å². The SMILES string of the molecule is CN1CCC2CC(C1)c1ccc(O)cc12. The fourth-order valence-electron chi connectivity index (χ4n) is 3.17. The lowest BCUT2D eigenvalue weighted by molar-refractivity contribution is 0.328. The normalized spacial score (nSPS) is 29.9. The average molecular weight is 203 g/mol.